The van der Waals surface area contributed by atoms with Crippen LogP contribution in [0.5, 0.6) is 5.75 Å². The highest BCUT2D eigenvalue weighted by Gasteiger charge is 2.12. The minimum Gasteiger partial charge on any atom is -0.487 e. The normalized spacial score (nSPS) is 10.4. The molecule has 122 valence electrons. The number of rotatable bonds is 7. The number of carboxylic acids is 1. The number of urea groups is 1. The van der Waals surface area contributed by atoms with E-state index in [1.807, 2.05) is 0 Å². The first-order chi connectivity index (χ1) is 10.3. The third kappa shape index (κ3) is 5.94. The van der Waals surface area contributed by atoms with Crippen LogP contribution in [0.4, 0.5) is 19.3 Å². The Balaban J connectivity index is 2.66. The van der Waals surface area contributed by atoms with E-state index in [0.717, 1.165) is 0 Å². The van der Waals surface area contributed by atoms with Crippen molar-refractivity contribution in [1.82, 2.24) is 4.90 Å². The first-order valence-corrected chi connectivity index (χ1v) is 6.55. The zero-order chi connectivity index (χ0) is 16.7. The molecule has 1 aromatic carbocycles. The van der Waals surface area contributed by atoms with Gasteiger partial charge in [0.15, 0.2) is 0 Å². The van der Waals surface area contributed by atoms with Gasteiger partial charge in [0, 0.05) is 25.3 Å². The molecule has 0 aliphatic heterocycles. The highest BCUT2D eigenvalue weighted by atomic mass is 19.3. The third-order valence-electron chi connectivity index (χ3n) is 2.81. The Morgan fingerprint density at radius 1 is 1.41 bits per heavy atom. The molecule has 1 aromatic rings. The van der Waals surface area contributed by atoms with E-state index < -0.39 is 25.0 Å². The number of hydrogen-bond donors (Lipinski definition) is 2. The van der Waals surface area contributed by atoms with Crippen LogP contribution in [0, 0.1) is 6.92 Å². The summed E-state index contributed by atoms with van der Waals surface area (Å²) >= 11 is 0. The van der Waals surface area contributed by atoms with Gasteiger partial charge in [-0.05, 0) is 18.6 Å². The topological polar surface area (TPSA) is 78.9 Å². The standard InChI is InChI=1S/C14H18F2N2O4/c1-9-3-4-10(7-11(9)22-8-12(15)16)17-14(21)18(2)6-5-13(19)20/h3-4,7,12H,5-6,8H2,1-2H3,(H,17,21)(H,19,20). The summed E-state index contributed by atoms with van der Waals surface area (Å²) in [6.07, 6.45) is -2.75. The van der Waals surface area contributed by atoms with Gasteiger partial charge in [-0.2, -0.15) is 0 Å². The Hall–Kier alpha value is -2.38. The highest BCUT2D eigenvalue weighted by Crippen LogP contribution is 2.23. The summed E-state index contributed by atoms with van der Waals surface area (Å²) < 4.78 is 29.3. The summed E-state index contributed by atoms with van der Waals surface area (Å²) in [6.45, 7) is 1.03. The first-order valence-electron chi connectivity index (χ1n) is 6.55. The third-order valence-corrected chi connectivity index (χ3v) is 2.81. The summed E-state index contributed by atoms with van der Waals surface area (Å²) in [5.41, 5.74) is 1.04. The first kappa shape index (κ1) is 17.7. The summed E-state index contributed by atoms with van der Waals surface area (Å²) in [7, 11) is 1.46. The summed E-state index contributed by atoms with van der Waals surface area (Å²) in [5.74, 6) is -0.746. The molecule has 0 aromatic heterocycles. The number of nitrogens with one attached hydrogen (secondary N) is 1. The number of anilines is 1. The van der Waals surface area contributed by atoms with Crippen molar-refractivity contribution in [3.05, 3.63) is 23.8 Å². The maximum absolute atomic E-state index is 12.2. The van der Waals surface area contributed by atoms with Crippen LogP contribution in [0.1, 0.15) is 12.0 Å². The number of aryl methyl sites for hydroxylation is 1. The highest BCUT2D eigenvalue weighted by molar-refractivity contribution is 5.89. The number of amides is 2. The molecule has 0 spiro atoms. The van der Waals surface area contributed by atoms with Crippen molar-refractivity contribution in [3.63, 3.8) is 0 Å². The van der Waals surface area contributed by atoms with E-state index in [2.05, 4.69) is 5.32 Å². The summed E-state index contributed by atoms with van der Waals surface area (Å²) in [6, 6.07) is 4.19. The number of benzene rings is 1. The Bertz CT molecular complexity index is 538. The number of aliphatic carboxylic acids is 1. The Kier molecular flexibility index (Phi) is 6.55. The predicted octanol–water partition coefficient (Wildman–Crippen LogP) is 2.58. The minimum atomic E-state index is -2.58. The van der Waals surface area contributed by atoms with Gasteiger partial charge in [0.25, 0.3) is 6.43 Å². The van der Waals surface area contributed by atoms with Gasteiger partial charge in [-0.1, -0.05) is 6.07 Å². The Morgan fingerprint density at radius 2 is 2.09 bits per heavy atom. The van der Waals surface area contributed by atoms with Gasteiger partial charge in [0.1, 0.15) is 12.4 Å². The van der Waals surface area contributed by atoms with E-state index in [1.54, 1.807) is 19.1 Å². The van der Waals surface area contributed by atoms with Crippen LogP contribution in [0.25, 0.3) is 0 Å². The molecule has 0 atom stereocenters. The quantitative estimate of drug-likeness (QED) is 0.810. The van der Waals surface area contributed by atoms with E-state index in [1.165, 1.54) is 18.0 Å². The van der Waals surface area contributed by atoms with Crippen molar-refractivity contribution in [1.29, 1.82) is 0 Å². The second-order valence-corrected chi connectivity index (χ2v) is 4.68. The molecule has 0 heterocycles. The van der Waals surface area contributed by atoms with E-state index >= 15 is 0 Å². The Morgan fingerprint density at radius 3 is 2.68 bits per heavy atom. The van der Waals surface area contributed by atoms with Crippen molar-refractivity contribution in [2.24, 2.45) is 0 Å². The fourth-order valence-corrected chi connectivity index (χ4v) is 1.57. The van der Waals surface area contributed by atoms with E-state index in [0.29, 0.717) is 11.3 Å². The number of carbonyl (C=O) groups is 2. The van der Waals surface area contributed by atoms with Gasteiger partial charge < -0.3 is 20.1 Å². The predicted molar refractivity (Wildman–Crippen MR) is 76.6 cm³/mol. The molecular weight excluding hydrogens is 298 g/mol. The van der Waals surface area contributed by atoms with Gasteiger partial charge in [-0.25, -0.2) is 13.6 Å². The van der Waals surface area contributed by atoms with Crippen LogP contribution >= 0.6 is 0 Å². The Labute approximate surface area is 126 Å². The van der Waals surface area contributed by atoms with Crippen LogP contribution in [-0.2, 0) is 4.79 Å². The summed E-state index contributed by atoms with van der Waals surface area (Å²) in [4.78, 5) is 23.5. The van der Waals surface area contributed by atoms with E-state index in [9.17, 15) is 18.4 Å². The zero-order valence-corrected chi connectivity index (χ0v) is 12.3. The fraction of sp³-hybridized carbons (Fsp3) is 0.429. The van der Waals surface area contributed by atoms with E-state index in [-0.39, 0.29) is 18.7 Å². The zero-order valence-electron chi connectivity index (χ0n) is 12.3. The molecule has 6 nitrogen and oxygen atoms in total. The molecule has 0 fully saturated rings. The van der Waals surface area contributed by atoms with Gasteiger partial charge >= 0.3 is 12.0 Å². The lowest BCUT2D eigenvalue weighted by molar-refractivity contribution is -0.137. The second-order valence-electron chi connectivity index (χ2n) is 4.68. The average molecular weight is 316 g/mol. The molecule has 8 heteroatoms. The van der Waals surface area contributed by atoms with Crippen molar-refractivity contribution in [2.75, 3.05) is 25.5 Å². The van der Waals surface area contributed by atoms with Gasteiger partial charge in [-0.15, -0.1) is 0 Å². The maximum atomic E-state index is 12.2. The van der Waals surface area contributed by atoms with Crippen molar-refractivity contribution in [2.45, 2.75) is 19.8 Å². The number of carboxylic acid groups (broad SMARTS) is 1. The molecule has 0 aliphatic carbocycles. The van der Waals surface area contributed by atoms with Crippen LogP contribution in [0.3, 0.4) is 0 Å². The monoisotopic (exact) mass is 316 g/mol. The number of alkyl halides is 2. The van der Waals surface area contributed by atoms with Crippen LogP contribution in [0.15, 0.2) is 18.2 Å². The van der Waals surface area contributed by atoms with Crippen molar-refractivity contribution < 1.29 is 28.2 Å². The minimum absolute atomic E-state index is 0.0573. The van der Waals surface area contributed by atoms with Crippen molar-refractivity contribution in [3.8, 4) is 5.75 Å². The van der Waals surface area contributed by atoms with Gasteiger partial charge in [0.2, 0.25) is 0 Å². The van der Waals surface area contributed by atoms with Crippen molar-refractivity contribution >= 4 is 17.7 Å². The SMILES string of the molecule is Cc1ccc(NC(=O)N(C)CCC(=O)O)cc1OCC(F)F. The number of hydrogen-bond acceptors (Lipinski definition) is 3. The lowest BCUT2D eigenvalue weighted by Gasteiger charge is -2.17. The van der Waals surface area contributed by atoms with Gasteiger partial charge in [0.05, 0.1) is 6.42 Å². The number of nitrogens with zero attached hydrogens (tertiary/aromatic N) is 1. The van der Waals surface area contributed by atoms with Gasteiger partial charge in [-0.3, -0.25) is 4.79 Å². The molecule has 0 saturated heterocycles. The second kappa shape index (κ2) is 8.16. The molecule has 22 heavy (non-hydrogen) atoms. The largest absolute Gasteiger partial charge is 0.487 e. The maximum Gasteiger partial charge on any atom is 0.321 e. The molecule has 0 saturated carbocycles. The fourth-order valence-electron chi connectivity index (χ4n) is 1.57. The smallest absolute Gasteiger partial charge is 0.321 e. The van der Waals surface area contributed by atoms with Crippen LogP contribution in [0.2, 0.25) is 0 Å². The molecule has 2 amide bonds. The molecule has 2 N–H and O–H groups in total. The van der Waals surface area contributed by atoms with E-state index in [4.69, 9.17) is 9.84 Å². The molecule has 0 bridgehead atoms. The number of carbonyl (C=O) groups excluding carboxylic acids is 1. The van der Waals surface area contributed by atoms with Crippen LogP contribution in [-0.4, -0.2) is 48.6 Å². The molecule has 1 rings (SSSR count). The number of halogens is 2. The lowest BCUT2D eigenvalue weighted by Crippen LogP contribution is -2.33. The molecule has 0 unspecified atom stereocenters. The average Bonchev–Trinajstić information content (AvgIpc) is 2.44. The molecule has 0 radical (unpaired) electrons. The summed E-state index contributed by atoms with van der Waals surface area (Å²) in [5, 5.41) is 11.1. The number of ether oxygens (including phenoxy) is 1. The molecular formula is C14H18F2N2O4. The molecule has 0 aliphatic rings. The van der Waals surface area contributed by atoms with Crippen LogP contribution < -0.4 is 10.1 Å². The lowest BCUT2D eigenvalue weighted by atomic mass is 10.2.